The van der Waals surface area contributed by atoms with E-state index >= 15 is 0 Å². The molecule has 0 amide bonds. The molecule has 0 spiro atoms. The van der Waals surface area contributed by atoms with Gasteiger partial charge in [-0.05, 0) is 49.2 Å². The number of anilines is 1. The molecule has 0 radical (unpaired) electrons. The summed E-state index contributed by atoms with van der Waals surface area (Å²) in [4.78, 5) is 3.74. The lowest BCUT2D eigenvalue weighted by molar-refractivity contribution is 0.380. The predicted molar refractivity (Wildman–Crippen MR) is 105 cm³/mol. The second kappa shape index (κ2) is 7.56. The summed E-state index contributed by atoms with van der Waals surface area (Å²) >= 11 is 0. The Morgan fingerprint density at radius 2 is 1.70 bits per heavy atom. The molecule has 0 aromatic heterocycles. The maximum atomic E-state index is 13.9. The van der Waals surface area contributed by atoms with Crippen molar-refractivity contribution in [1.82, 2.24) is 4.90 Å². The quantitative estimate of drug-likeness (QED) is 0.642. The summed E-state index contributed by atoms with van der Waals surface area (Å²) < 4.78 is 42.8. The molecule has 1 fully saturated rings. The van der Waals surface area contributed by atoms with Crippen molar-refractivity contribution < 1.29 is 12.8 Å². The molecule has 1 saturated heterocycles. The fourth-order valence-corrected chi connectivity index (χ4v) is 4.03. The van der Waals surface area contributed by atoms with Crippen LogP contribution in [0.1, 0.15) is 11.1 Å². The number of halogens is 1. The fourth-order valence-electron chi connectivity index (χ4n) is 2.99. The van der Waals surface area contributed by atoms with Crippen LogP contribution >= 0.6 is 0 Å². The van der Waals surface area contributed by atoms with E-state index in [1.54, 1.807) is 35.2 Å². The van der Waals surface area contributed by atoms with E-state index in [1.165, 1.54) is 12.1 Å². The number of aryl methyl sites for hydroxylation is 2. The number of benzene rings is 2. The second-order valence-electron chi connectivity index (χ2n) is 6.60. The summed E-state index contributed by atoms with van der Waals surface area (Å²) in [6.07, 6.45) is 0. The van der Waals surface area contributed by atoms with Crippen molar-refractivity contribution in [3.63, 3.8) is 0 Å². The van der Waals surface area contributed by atoms with Crippen molar-refractivity contribution in [3.05, 3.63) is 59.4 Å². The van der Waals surface area contributed by atoms with Gasteiger partial charge in [0.15, 0.2) is 0 Å². The monoisotopic (exact) mass is 390 g/mol. The van der Waals surface area contributed by atoms with Crippen molar-refractivity contribution in [3.8, 4) is 0 Å². The van der Waals surface area contributed by atoms with Gasteiger partial charge in [-0.3, -0.25) is 0 Å². The molecule has 1 aliphatic heterocycles. The van der Waals surface area contributed by atoms with Crippen molar-refractivity contribution in [1.29, 1.82) is 0 Å². The zero-order valence-corrected chi connectivity index (χ0v) is 16.2. The Labute approximate surface area is 159 Å². The molecule has 1 heterocycles. The Bertz CT molecular complexity index is 967. The molecule has 2 aromatic rings. The Balaban J connectivity index is 1.72. The average Bonchev–Trinajstić information content (AvgIpc) is 2.64. The molecule has 144 valence electrons. The van der Waals surface area contributed by atoms with E-state index in [9.17, 15) is 12.8 Å². The second-order valence-corrected chi connectivity index (χ2v) is 8.20. The van der Waals surface area contributed by atoms with Crippen LogP contribution in [0, 0.1) is 19.7 Å². The Kier molecular flexibility index (Phi) is 5.36. The Morgan fingerprint density at radius 1 is 1.04 bits per heavy atom. The highest BCUT2D eigenvalue weighted by Crippen LogP contribution is 2.21. The maximum absolute atomic E-state index is 13.9. The molecule has 0 aliphatic carbocycles. The fraction of sp³-hybridized carbons (Fsp3) is 0.316. The van der Waals surface area contributed by atoms with Crippen molar-refractivity contribution >= 4 is 21.7 Å². The predicted octanol–water partition coefficient (Wildman–Crippen LogP) is 2.27. The third-order valence-corrected chi connectivity index (χ3v) is 6.06. The SMILES string of the molecule is Cc1ccc(S(=O)(=O)N=C(N)N2CCN(c3ccccc3F)CC2)cc1C. The van der Waals surface area contributed by atoms with Gasteiger partial charge in [0.1, 0.15) is 5.82 Å². The minimum absolute atomic E-state index is 0.0404. The molecular weight excluding hydrogens is 367 g/mol. The first-order valence-corrected chi connectivity index (χ1v) is 10.1. The lowest BCUT2D eigenvalue weighted by atomic mass is 10.1. The van der Waals surface area contributed by atoms with Crippen molar-refractivity contribution in [2.75, 3.05) is 31.1 Å². The molecule has 1 aliphatic rings. The van der Waals surface area contributed by atoms with Crippen LogP contribution in [0.15, 0.2) is 51.8 Å². The number of sulfonamides is 1. The van der Waals surface area contributed by atoms with Crippen LogP contribution < -0.4 is 10.6 Å². The number of piperazine rings is 1. The lowest BCUT2D eigenvalue weighted by Gasteiger charge is -2.36. The van der Waals surface area contributed by atoms with Gasteiger partial charge in [0.25, 0.3) is 10.0 Å². The Hall–Kier alpha value is -2.61. The van der Waals surface area contributed by atoms with E-state index in [1.807, 2.05) is 18.7 Å². The maximum Gasteiger partial charge on any atom is 0.285 e. The van der Waals surface area contributed by atoms with Crippen LogP contribution in [-0.2, 0) is 10.0 Å². The highest BCUT2D eigenvalue weighted by molar-refractivity contribution is 7.90. The van der Waals surface area contributed by atoms with Gasteiger partial charge in [-0.2, -0.15) is 8.42 Å². The van der Waals surface area contributed by atoms with E-state index in [-0.39, 0.29) is 16.7 Å². The van der Waals surface area contributed by atoms with Crippen LogP contribution in [0.3, 0.4) is 0 Å². The Morgan fingerprint density at radius 3 is 2.33 bits per heavy atom. The number of nitrogens with zero attached hydrogens (tertiary/aromatic N) is 3. The molecule has 8 heteroatoms. The lowest BCUT2D eigenvalue weighted by Crippen LogP contribution is -2.51. The number of guanidine groups is 1. The van der Waals surface area contributed by atoms with E-state index in [2.05, 4.69) is 4.40 Å². The summed E-state index contributed by atoms with van der Waals surface area (Å²) in [6, 6.07) is 11.5. The van der Waals surface area contributed by atoms with Crippen LogP contribution in [0.5, 0.6) is 0 Å². The minimum Gasteiger partial charge on any atom is -0.369 e. The highest BCUT2D eigenvalue weighted by Gasteiger charge is 2.22. The highest BCUT2D eigenvalue weighted by atomic mass is 32.2. The molecule has 2 N–H and O–H groups in total. The molecule has 0 atom stereocenters. The number of hydrogen-bond donors (Lipinski definition) is 1. The standard InChI is InChI=1S/C19H23FN4O2S/c1-14-7-8-16(13-15(14)2)27(25,26)22-19(21)24-11-9-23(10-12-24)18-6-4-3-5-17(18)20/h3-8,13H,9-12H2,1-2H3,(H2,21,22). The van der Waals surface area contributed by atoms with Crippen LogP contribution in [0.25, 0.3) is 0 Å². The summed E-state index contributed by atoms with van der Waals surface area (Å²) in [6.45, 7) is 5.75. The smallest absolute Gasteiger partial charge is 0.285 e. The van der Waals surface area contributed by atoms with E-state index in [0.29, 0.717) is 31.9 Å². The number of hydrogen-bond acceptors (Lipinski definition) is 3. The van der Waals surface area contributed by atoms with Gasteiger partial charge < -0.3 is 15.5 Å². The van der Waals surface area contributed by atoms with Crippen LogP contribution in [0.2, 0.25) is 0 Å². The molecule has 0 saturated carbocycles. The zero-order valence-electron chi connectivity index (χ0n) is 15.4. The molecular formula is C19H23FN4O2S. The van der Waals surface area contributed by atoms with Crippen LogP contribution in [0.4, 0.5) is 10.1 Å². The summed E-state index contributed by atoms with van der Waals surface area (Å²) in [7, 11) is -3.87. The summed E-state index contributed by atoms with van der Waals surface area (Å²) in [5.74, 6) is -0.314. The molecule has 0 unspecified atom stereocenters. The molecule has 0 bridgehead atoms. The molecule has 3 rings (SSSR count). The summed E-state index contributed by atoms with van der Waals surface area (Å²) in [5.41, 5.74) is 8.38. The zero-order chi connectivity index (χ0) is 19.6. The van der Waals surface area contributed by atoms with Crippen molar-refractivity contribution in [2.24, 2.45) is 10.1 Å². The van der Waals surface area contributed by atoms with Gasteiger partial charge >= 0.3 is 0 Å². The number of rotatable bonds is 3. The van der Waals surface area contributed by atoms with Gasteiger partial charge in [-0.15, -0.1) is 4.40 Å². The number of para-hydroxylation sites is 1. The summed E-state index contributed by atoms with van der Waals surface area (Å²) in [5, 5.41) is 0. The first kappa shape index (κ1) is 19.2. The first-order chi connectivity index (χ1) is 12.8. The molecule has 27 heavy (non-hydrogen) atoms. The average molecular weight is 390 g/mol. The normalized spacial score (nSPS) is 15.9. The third kappa shape index (κ3) is 4.21. The van der Waals surface area contributed by atoms with E-state index in [4.69, 9.17) is 5.73 Å². The topological polar surface area (TPSA) is 79.0 Å². The number of nitrogens with two attached hydrogens (primary N) is 1. The van der Waals surface area contributed by atoms with Gasteiger partial charge in [-0.25, -0.2) is 4.39 Å². The van der Waals surface area contributed by atoms with Gasteiger partial charge in [0, 0.05) is 26.2 Å². The van der Waals surface area contributed by atoms with Gasteiger partial charge in [-0.1, -0.05) is 18.2 Å². The van der Waals surface area contributed by atoms with E-state index < -0.39 is 10.0 Å². The van der Waals surface area contributed by atoms with Crippen molar-refractivity contribution in [2.45, 2.75) is 18.7 Å². The molecule has 2 aromatic carbocycles. The van der Waals surface area contributed by atoms with Gasteiger partial charge in [0.05, 0.1) is 10.6 Å². The van der Waals surface area contributed by atoms with E-state index in [0.717, 1.165) is 11.1 Å². The third-order valence-electron chi connectivity index (χ3n) is 4.79. The minimum atomic E-state index is -3.87. The van der Waals surface area contributed by atoms with Crippen LogP contribution in [-0.4, -0.2) is 45.5 Å². The van der Waals surface area contributed by atoms with Gasteiger partial charge in [0.2, 0.25) is 5.96 Å². The first-order valence-electron chi connectivity index (χ1n) is 8.70. The largest absolute Gasteiger partial charge is 0.369 e. The molecule has 6 nitrogen and oxygen atoms in total.